The molecular weight excluding hydrogens is 278 g/mol. The Morgan fingerprint density at radius 3 is 2.65 bits per heavy atom. The molecule has 2 N–H and O–H groups in total. The van der Waals surface area contributed by atoms with E-state index in [0.717, 1.165) is 10.9 Å². The molecule has 1 aromatic carbocycles. The van der Waals surface area contributed by atoms with Gasteiger partial charge in [0, 0.05) is 18.0 Å². The highest BCUT2D eigenvalue weighted by atomic mass is 32.2. The minimum absolute atomic E-state index is 0.00831. The maximum absolute atomic E-state index is 12.1. The van der Waals surface area contributed by atoms with E-state index in [-0.39, 0.29) is 17.5 Å². The summed E-state index contributed by atoms with van der Waals surface area (Å²) < 4.78 is 28.3. The van der Waals surface area contributed by atoms with Crippen molar-refractivity contribution in [3.05, 3.63) is 24.4 Å². The molecule has 0 unspecified atom stereocenters. The highest BCUT2D eigenvalue weighted by Gasteiger charge is 2.16. The van der Waals surface area contributed by atoms with Gasteiger partial charge in [0.05, 0.1) is 22.7 Å². The molecule has 2 rings (SSSR count). The van der Waals surface area contributed by atoms with Crippen molar-refractivity contribution in [1.82, 2.24) is 14.5 Å². The second kappa shape index (κ2) is 5.51. The van der Waals surface area contributed by atoms with Crippen LogP contribution < -0.4 is 4.72 Å². The fourth-order valence-corrected chi connectivity index (χ4v) is 3.08. The largest absolute Gasteiger partial charge is 0.392 e. The molecule has 0 radical (unpaired) electrons. The normalized spacial score (nSPS) is 14.1. The van der Waals surface area contributed by atoms with Gasteiger partial charge in [-0.05, 0) is 39.0 Å². The van der Waals surface area contributed by atoms with Gasteiger partial charge < -0.3 is 5.11 Å². The maximum atomic E-state index is 12.1. The predicted molar refractivity (Wildman–Crippen MR) is 77.0 cm³/mol. The summed E-state index contributed by atoms with van der Waals surface area (Å²) in [5, 5.41) is 14.2. The molecule has 0 aliphatic heterocycles. The van der Waals surface area contributed by atoms with Gasteiger partial charge in [0.15, 0.2) is 0 Å². The van der Waals surface area contributed by atoms with E-state index in [2.05, 4.69) is 9.82 Å². The third-order valence-corrected chi connectivity index (χ3v) is 4.36. The fourth-order valence-electron chi connectivity index (χ4n) is 1.92. The molecule has 0 saturated heterocycles. The second-order valence-electron chi connectivity index (χ2n) is 5.10. The summed E-state index contributed by atoms with van der Waals surface area (Å²) in [7, 11) is -3.60. The number of fused-ring (bicyclic) bond motifs is 1. The molecule has 0 saturated carbocycles. The third kappa shape index (κ3) is 3.00. The van der Waals surface area contributed by atoms with Crippen LogP contribution in [0.2, 0.25) is 0 Å². The molecule has 7 heteroatoms. The van der Waals surface area contributed by atoms with E-state index in [1.807, 2.05) is 18.5 Å². The zero-order chi connectivity index (χ0) is 14.9. The Kier molecular flexibility index (Phi) is 4.12. The summed E-state index contributed by atoms with van der Waals surface area (Å²) in [5.41, 5.74) is 0.898. The van der Waals surface area contributed by atoms with Crippen LogP contribution in [0.25, 0.3) is 10.9 Å². The van der Waals surface area contributed by atoms with Crippen LogP contribution in [0.1, 0.15) is 26.8 Å². The van der Waals surface area contributed by atoms with Gasteiger partial charge in [0.2, 0.25) is 10.0 Å². The van der Waals surface area contributed by atoms with E-state index in [4.69, 9.17) is 5.11 Å². The van der Waals surface area contributed by atoms with Gasteiger partial charge in [-0.3, -0.25) is 4.68 Å². The van der Waals surface area contributed by atoms with Crippen LogP contribution in [0.15, 0.2) is 29.3 Å². The van der Waals surface area contributed by atoms with Crippen molar-refractivity contribution in [3.8, 4) is 0 Å². The number of aliphatic hydroxyl groups is 1. The van der Waals surface area contributed by atoms with Crippen LogP contribution in [0.4, 0.5) is 0 Å². The smallest absolute Gasteiger partial charge is 0.240 e. The van der Waals surface area contributed by atoms with Gasteiger partial charge in [-0.2, -0.15) is 5.10 Å². The van der Waals surface area contributed by atoms with Crippen LogP contribution in [0, 0.1) is 0 Å². The van der Waals surface area contributed by atoms with E-state index in [0.29, 0.717) is 0 Å². The SMILES string of the molecule is CC(C)n1ncc2cc(S(=O)(=O)NC[C@@H](C)O)ccc21. The lowest BCUT2D eigenvalue weighted by molar-refractivity contribution is 0.198. The Bertz CT molecular complexity index is 705. The Morgan fingerprint density at radius 2 is 2.05 bits per heavy atom. The standard InChI is InChI=1S/C13H19N3O3S/c1-9(2)16-13-5-4-12(6-11(13)8-14-16)20(18,19)15-7-10(3)17/h4-6,8-10,15,17H,7H2,1-3H3/t10-/m1/s1. The minimum atomic E-state index is -3.60. The molecular formula is C13H19N3O3S. The van der Waals surface area contributed by atoms with Crippen molar-refractivity contribution in [1.29, 1.82) is 0 Å². The average Bonchev–Trinajstić information content (AvgIpc) is 2.79. The quantitative estimate of drug-likeness (QED) is 0.870. The highest BCUT2D eigenvalue weighted by molar-refractivity contribution is 7.89. The molecule has 0 spiro atoms. The van der Waals surface area contributed by atoms with Gasteiger partial charge in [-0.15, -0.1) is 0 Å². The number of aliphatic hydroxyl groups excluding tert-OH is 1. The molecule has 20 heavy (non-hydrogen) atoms. The van der Waals surface area contributed by atoms with E-state index >= 15 is 0 Å². The third-order valence-electron chi connectivity index (χ3n) is 2.94. The molecule has 0 aliphatic carbocycles. The van der Waals surface area contributed by atoms with Crippen molar-refractivity contribution in [3.63, 3.8) is 0 Å². The number of rotatable bonds is 5. The molecule has 0 bridgehead atoms. The number of aromatic nitrogens is 2. The number of hydrogen-bond acceptors (Lipinski definition) is 4. The Morgan fingerprint density at radius 1 is 1.35 bits per heavy atom. The maximum Gasteiger partial charge on any atom is 0.240 e. The van der Waals surface area contributed by atoms with Crippen molar-refractivity contribution in [2.24, 2.45) is 0 Å². The van der Waals surface area contributed by atoms with Crippen LogP contribution in [0.3, 0.4) is 0 Å². The van der Waals surface area contributed by atoms with Gasteiger partial charge in [0.25, 0.3) is 0 Å². The highest BCUT2D eigenvalue weighted by Crippen LogP contribution is 2.21. The minimum Gasteiger partial charge on any atom is -0.392 e. The summed E-state index contributed by atoms with van der Waals surface area (Å²) in [6.45, 7) is 5.55. The number of benzene rings is 1. The van der Waals surface area contributed by atoms with Crippen molar-refractivity contribution in [2.45, 2.75) is 37.8 Å². The van der Waals surface area contributed by atoms with Gasteiger partial charge >= 0.3 is 0 Å². The first-order valence-electron chi connectivity index (χ1n) is 6.46. The predicted octanol–water partition coefficient (Wildman–Crippen LogP) is 1.28. The molecule has 6 nitrogen and oxygen atoms in total. The van der Waals surface area contributed by atoms with Crippen molar-refractivity contribution in [2.75, 3.05) is 6.54 Å². The zero-order valence-electron chi connectivity index (χ0n) is 11.7. The fraction of sp³-hybridized carbons (Fsp3) is 0.462. The van der Waals surface area contributed by atoms with Crippen LogP contribution in [-0.2, 0) is 10.0 Å². The van der Waals surface area contributed by atoms with Crippen molar-refractivity contribution < 1.29 is 13.5 Å². The lowest BCUT2D eigenvalue weighted by atomic mass is 10.2. The first-order valence-corrected chi connectivity index (χ1v) is 7.94. The van der Waals surface area contributed by atoms with Gasteiger partial charge in [-0.25, -0.2) is 13.1 Å². The summed E-state index contributed by atoms with van der Waals surface area (Å²) in [5.74, 6) is 0. The summed E-state index contributed by atoms with van der Waals surface area (Å²) in [6, 6.07) is 5.10. The average molecular weight is 297 g/mol. The van der Waals surface area contributed by atoms with Crippen molar-refractivity contribution >= 4 is 20.9 Å². The van der Waals surface area contributed by atoms with Crippen LogP contribution >= 0.6 is 0 Å². The number of nitrogens with zero attached hydrogens (tertiary/aromatic N) is 2. The molecule has 0 aliphatic rings. The lowest BCUT2D eigenvalue weighted by Crippen LogP contribution is -2.30. The summed E-state index contributed by atoms with van der Waals surface area (Å²) in [6.07, 6.45) is 0.931. The Labute approximate surface area is 118 Å². The van der Waals surface area contributed by atoms with E-state index < -0.39 is 16.1 Å². The van der Waals surface area contributed by atoms with Crippen LogP contribution in [-0.4, -0.2) is 36.0 Å². The van der Waals surface area contributed by atoms with Gasteiger partial charge in [-0.1, -0.05) is 0 Å². The van der Waals surface area contributed by atoms with Crippen LogP contribution in [0.5, 0.6) is 0 Å². The Hall–Kier alpha value is -1.44. The molecule has 110 valence electrons. The molecule has 0 amide bonds. The molecule has 1 aromatic heterocycles. The number of nitrogens with one attached hydrogen (secondary N) is 1. The van der Waals surface area contributed by atoms with E-state index in [9.17, 15) is 8.42 Å². The summed E-state index contributed by atoms with van der Waals surface area (Å²) in [4.78, 5) is 0.175. The van der Waals surface area contributed by atoms with Gasteiger partial charge in [0.1, 0.15) is 0 Å². The Balaban J connectivity index is 2.37. The van der Waals surface area contributed by atoms with E-state index in [1.54, 1.807) is 24.4 Å². The molecule has 1 heterocycles. The summed E-state index contributed by atoms with van der Waals surface area (Å²) >= 11 is 0. The monoisotopic (exact) mass is 297 g/mol. The number of hydrogen-bond donors (Lipinski definition) is 2. The topological polar surface area (TPSA) is 84.2 Å². The zero-order valence-corrected chi connectivity index (χ0v) is 12.6. The molecule has 0 fully saturated rings. The lowest BCUT2D eigenvalue weighted by Gasteiger charge is -2.09. The molecule has 2 aromatic rings. The second-order valence-corrected chi connectivity index (χ2v) is 6.87. The number of sulfonamides is 1. The first kappa shape index (κ1) is 15.0. The van der Waals surface area contributed by atoms with E-state index in [1.165, 1.54) is 6.92 Å². The first-order chi connectivity index (χ1) is 9.31. The molecule has 1 atom stereocenters.